The minimum absolute atomic E-state index is 0.00200. The van der Waals surface area contributed by atoms with Gasteiger partial charge < -0.3 is 5.11 Å². The summed E-state index contributed by atoms with van der Waals surface area (Å²) >= 11 is 12.6. The third-order valence-corrected chi connectivity index (χ3v) is 11.6. The maximum Gasteiger partial charge on any atom is 0.433 e. The fourth-order valence-corrected chi connectivity index (χ4v) is 9.43. The van der Waals surface area contributed by atoms with Crippen LogP contribution >= 0.6 is 23.2 Å². The number of amides is 4. The number of hydrogen-bond donors (Lipinski definition) is 1. The molecular formula is C39H29Cl2F3N4O5. The molecule has 0 radical (unpaired) electrons. The standard InChI is InChI=1S/C39H29Cl2F3N4O5/c1-46(33-29(41)15-16-30(45-33)39(42,43)44)48-34(50)26-14-13-25-27(31(26)36(48)52)19-28-35(51)47(23-11-6-10-22(40)18-23)37(53)38(28,21-8-3-2-4-9-21)32(25)20-7-5-12-24(49)17-20/h2-13,15-18,26-28,31-32,49H,14,19H2,1H3/t26-,27+,28-,31-,32-,38+/m0/s1. The predicted octanol–water partition coefficient (Wildman–Crippen LogP) is 7.33. The predicted molar refractivity (Wildman–Crippen MR) is 189 cm³/mol. The summed E-state index contributed by atoms with van der Waals surface area (Å²) in [6.07, 6.45) is -2.91. The summed E-state index contributed by atoms with van der Waals surface area (Å²) in [4.78, 5) is 63.5. The molecule has 8 rings (SSSR count). The molecule has 4 aliphatic rings. The number of phenolic OH excluding ortho intramolecular Hbond substituents is 1. The average Bonchev–Trinajstić information content (AvgIpc) is 3.52. The number of aromatic nitrogens is 1. The van der Waals surface area contributed by atoms with Gasteiger partial charge in [-0.3, -0.25) is 24.2 Å². The number of pyridine rings is 1. The van der Waals surface area contributed by atoms with Crippen molar-refractivity contribution in [2.24, 2.45) is 23.7 Å². The molecule has 4 amide bonds. The first-order chi connectivity index (χ1) is 25.2. The Bertz CT molecular complexity index is 2250. The number of hydrogen-bond acceptors (Lipinski definition) is 7. The monoisotopic (exact) mass is 760 g/mol. The van der Waals surface area contributed by atoms with E-state index in [4.69, 9.17) is 23.2 Å². The molecule has 2 aliphatic carbocycles. The number of alkyl halides is 3. The number of carbonyl (C=O) groups excluding carboxylic acids is 4. The lowest BCUT2D eigenvalue weighted by atomic mass is 9.49. The van der Waals surface area contributed by atoms with Crippen molar-refractivity contribution in [1.82, 2.24) is 9.99 Å². The lowest BCUT2D eigenvalue weighted by Crippen LogP contribution is -2.53. The van der Waals surface area contributed by atoms with Gasteiger partial charge in [0.15, 0.2) is 5.82 Å². The summed E-state index contributed by atoms with van der Waals surface area (Å²) in [6.45, 7) is 0. The van der Waals surface area contributed by atoms with Crippen molar-refractivity contribution in [3.05, 3.63) is 130 Å². The molecule has 0 unspecified atom stereocenters. The molecule has 3 aromatic carbocycles. The second-order valence-corrected chi connectivity index (χ2v) is 14.5. The lowest BCUT2D eigenvalue weighted by molar-refractivity contribution is -0.141. The quantitative estimate of drug-likeness (QED) is 0.168. The molecule has 1 saturated carbocycles. The fourth-order valence-electron chi connectivity index (χ4n) is 9.01. The van der Waals surface area contributed by atoms with Crippen LogP contribution < -0.4 is 9.91 Å². The van der Waals surface area contributed by atoms with E-state index in [1.54, 1.807) is 60.7 Å². The second-order valence-electron chi connectivity index (χ2n) is 13.7. The van der Waals surface area contributed by atoms with Gasteiger partial charge in [-0.05, 0) is 72.4 Å². The molecule has 53 heavy (non-hydrogen) atoms. The Kier molecular flexibility index (Phi) is 8.19. The summed E-state index contributed by atoms with van der Waals surface area (Å²) in [5.74, 6) is -7.51. The first-order valence-electron chi connectivity index (χ1n) is 16.8. The van der Waals surface area contributed by atoms with Gasteiger partial charge in [0.25, 0.3) is 11.8 Å². The van der Waals surface area contributed by atoms with E-state index in [1.165, 1.54) is 25.2 Å². The van der Waals surface area contributed by atoms with Crippen molar-refractivity contribution in [3.63, 3.8) is 0 Å². The maximum atomic E-state index is 15.2. The van der Waals surface area contributed by atoms with Crippen LogP contribution in [0.2, 0.25) is 10.0 Å². The van der Waals surface area contributed by atoms with Crippen molar-refractivity contribution in [2.75, 3.05) is 17.0 Å². The van der Waals surface area contributed by atoms with Crippen LogP contribution in [0.1, 0.15) is 35.6 Å². The molecule has 14 heteroatoms. The Labute approximate surface area is 311 Å². The molecule has 9 nitrogen and oxygen atoms in total. The van der Waals surface area contributed by atoms with Gasteiger partial charge in [0.2, 0.25) is 11.8 Å². The normalized spacial score (nSPS) is 26.7. The summed E-state index contributed by atoms with van der Waals surface area (Å²) in [7, 11) is 1.24. The van der Waals surface area contributed by atoms with Gasteiger partial charge in [0, 0.05) is 18.0 Å². The van der Waals surface area contributed by atoms with Gasteiger partial charge in [0.05, 0.1) is 33.9 Å². The van der Waals surface area contributed by atoms with Gasteiger partial charge in [0.1, 0.15) is 11.4 Å². The summed E-state index contributed by atoms with van der Waals surface area (Å²) in [6, 6.07) is 23.4. The van der Waals surface area contributed by atoms with E-state index in [-0.39, 0.29) is 29.3 Å². The van der Waals surface area contributed by atoms with Crippen molar-refractivity contribution < 1.29 is 37.5 Å². The first kappa shape index (κ1) is 34.9. The van der Waals surface area contributed by atoms with Gasteiger partial charge >= 0.3 is 6.18 Å². The third kappa shape index (κ3) is 5.17. The SMILES string of the molecule is CN(c1nc(C(F)(F)F)ccc1Cl)N1C(=O)[C@H]2[C@H](CC=C3[C@H]2C[C@H]2C(=O)N(c4cccc(Cl)c4)C(=O)[C@@]2(c2ccccc2)[C@H]3c2cccc(O)c2)C1=O. The van der Waals surface area contributed by atoms with Crippen molar-refractivity contribution in [2.45, 2.75) is 30.4 Å². The van der Waals surface area contributed by atoms with Gasteiger partial charge in [-0.25, -0.2) is 9.88 Å². The molecule has 4 aromatic rings. The minimum Gasteiger partial charge on any atom is -0.508 e. The smallest absolute Gasteiger partial charge is 0.433 e. The highest BCUT2D eigenvalue weighted by Crippen LogP contribution is 2.64. The number of hydrazine groups is 1. The van der Waals surface area contributed by atoms with Crippen LogP contribution in [0.25, 0.3) is 0 Å². The van der Waals surface area contributed by atoms with Crippen LogP contribution in [0.5, 0.6) is 5.75 Å². The van der Waals surface area contributed by atoms with E-state index in [9.17, 15) is 32.7 Å². The van der Waals surface area contributed by atoms with Gasteiger partial charge in [-0.1, -0.05) is 83.4 Å². The highest BCUT2D eigenvalue weighted by molar-refractivity contribution is 6.33. The van der Waals surface area contributed by atoms with E-state index in [0.717, 1.165) is 21.0 Å². The van der Waals surface area contributed by atoms with Crippen LogP contribution in [-0.2, 0) is 30.8 Å². The number of phenols is 1. The number of imide groups is 2. The van der Waals surface area contributed by atoms with Crippen LogP contribution in [0.4, 0.5) is 24.7 Å². The van der Waals surface area contributed by atoms with E-state index < -0.39 is 76.3 Å². The van der Waals surface area contributed by atoms with E-state index in [0.29, 0.717) is 27.8 Å². The summed E-state index contributed by atoms with van der Waals surface area (Å²) in [5, 5.41) is 12.6. The molecule has 2 aliphatic heterocycles. The molecule has 3 heterocycles. The molecule has 1 N–H and O–H groups in total. The number of aromatic hydroxyl groups is 1. The van der Waals surface area contributed by atoms with Gasteiger partial charge in [-0.15, -0.1) is 0 Å². The minimum atomic E-state index is -4.82. The number of anilines is 2. The van der Waals surface area contributed by atoms with Crippen molar-refractivity contribution >= 4 is 58.3 Å². The first-order valence-corrected chi connectivity index (χ1v) is 17.5. The zero-order valence-corrected chi connectivity index (χ0v) is 29.3. The topological polar surface area (TPSA) is 111 Å². The Hall–Kier alpha value is -5.20. The largest absolute Gasteiger partial charge is 0.508 e. The lowest BCUT2D eigenvalue weighted by Gasteiger charge is -2.50. The summed E-state index contributed by atoms with van der Waals surface area (Å²) in [5.41, 5.74) is -0.798. The van der Waals surface area contributed by atoms with Crippen LogP contribution in [0.15, 0.2) is 103 Å². The molecule has 2 saturated heterocycles. The van der Waals surface area contributed by atoms with E-state index in [1.807, 2.05) is 6.08 Å². The van der Waals surface area contributed by atoms with Crippen LogP contribution in [-0.4, -0.2) is 45.8 Å². The number of nitrogens with zero attached hydrogens (tertiary/aromatic N) is 4. The highest BCUT2D eigenvalue weighted by Gasteiger charge is 2.70. The van der Waals surface area contributed by atoms with Gasteiger partial charge in [-0.2, -0.15) is 18.2 Å². The maximum absolute atomic E-state index is 15.2. The van der Waals surface area contributed by atoms with Crippen LogP contribution in [0, 0.1) is 23.7 Å². The van der Waals surface area contributed by atoms with Crippen LogP contribution in [0.3, 0.4) is 0 Å². The number of benzene rings is 3. The number of allylic oxidation sites excluding steroid dienone is 2. The molecule has 6 atom stereocenters. The number of rotatable bonds is 5. The second kappa shape index (κ2) is 12.4. The molecule has 0 bridgehead atoms. The van der Waals surface area contributed by atoms with E-state index >= 15 is 4.79 Å². The van der Waals surface area contributed by atoms with Crippen molar-refractivity contribution in [3.8, 4) is 5.75 Å². The number of carbonyl (C=O) groups is 4. The number of halogens is 5. The molecule has 3 fully saturated rings. The summed E-state index contributed by atoms with van der Waals surface area (Å²) < 4.78 is 40.9. The average molecular weight is 762 g/mol. The Morgan fingerprint density at radius 2 is 1.60 bits per heavy atom. The van der Waals surface area contributed by atoms with Crippen molar-refractivity contribution in [1.29, 1.82) is 0 Å². The molecule has 0 spiro atoms. The molecule has 1 aromatic heterocycles. The number of fused-ring (bicyclic) bond motifs is 4. The molecule has 270 valence electrons. The Morgan fingerprint density at radius 3 is 2.30 bits per heavy atom. The fraction of sp³-hybridized carbons (Fsp3) is 0.256. The zero-order chi connectivity index (χ0) is 37.6. The zero-order valence-electron chi connectivity index (χ0n) is 27.8. The van der Waals surface area contributed by atoms with E-state index in [2.05, 4.69) is 4.98 Å². The Morgan fingerprint density at radius 1 is 0.868 bits per heavy atom. The highest BCUT2D eigenvalue weighted by atomic mass is 35.5. The molecular weight excluding hydrogens is 732 g/mol. The third-order valence-electron chi connectivity index (χ3n) is 11.1. The Balaban J connectivity index is 1.29.